The molecule has 0 saturated heterocycles. The minimum atomic E-state index is -0.388. The van der Waals surface area contributed by atoms with E-state index < -0.39 is 0 Å². The van der Waals surface area contributed by atoms with Gasteiger partial charge in [0.25, 0.3) is 5.91 Å². The molecule has 6 heteroatoms. The molecule has 0 aliphatic heterocycles. The number of benzene rings is 4. The summed E-state index contributed by atoms with van der Waals surface area (Å²) in [5.74, 6) is -0.857. The third kappa shape index (κ3) is 3.97. The van der Waals surface area contributed by atoms with Gasteiger partial charge in [0.2, 0.25) is 5.89 Å². The summed E-state index contributed by atoms with van der Waals surface area (Å²) >= 11 is 0. The monoisotopic (exact) mass is 434 g/mol. The molecular formula is C27H18N2O4. The number of carbonyl (C=O) groups is 2. The van der Waals surface area contributed by atoms with Crippen molar-refractivity contribution in [2.24, 2.45) is 0 Å². The van der Waals surface area contributed by atoms with Gasteiger partial charge in [-0.05, 0) is 36.4 Å². The second-order valence-corrected chi connectivity index (χ2v) is 7.42. The minimum Gasteiger partial charge on any atom is -0.506 e. The fraction of sp³-hybridized carbons (Fsp3) is 0. The third-order valence-corrected chi connectivity index (χ3v) is 5.21. The number of anilines is 1. The van der Waals surface area contributed by atoms with E-state index in [1.54, 1.807) is 72.8 Å². The maximum Gasteiger partial charge on any atom is 0.255 e. The maximum atomic E-state index is 13.2. The number of amides is 1. The number of hydrogen-bond donors (Lipinski definition) is 2. The summed E-state index contributed by atoms with van der Waals surface area (Å²) in [6, 6.07) is 27.5. The number of rotatable bonds is 5. The maximum absolute atomic E-state index is 13.2. The van der Waals surface area contributed by atoms with Crippen LogP contribution in [0.4, 0.5) is 5.69 Å². The van der Waals surface area contributed by atoms with Crippen LogP contribution in [0.2, 0.25) is 0 Å². The molecule has 0 atom stereocenters. The number of carbonyl (C=O) groups excluding carboxylic acids is 2. The molecular weight excluding hydrogens is 416 g/mol. The number of aromatic hydroxyl groups is 1. The van der Waals surface area contributed by atoms with Gasteiger partial charge in [-0.25, -0.2) is 4.98 Å². The Kier molecular flexibility index (Phi) is 5.16. The van der Waals surface area contributed by atoms with E-state index in [0.717, 1.165) is 0 Å². The van der Waals surface area contributed by atoms with Crippen LogP contribution < -0.4 is 5.32 Å². The average Bonchev–Trinajstić information content (AvgIpc) is 3.30. The van der Waals surface area contributed by atoms with Crippen molar-refractivity contribution in [3.05, 3.63) is 114 Å². The third-order valence-electron chi connectivity index (χ3n) is 5.21. The van der Waals surface area contributed by atoms with Crippen LogP contribution in [0.5, 0.6) is 5.75 Å². The lowest BCUT2D eigenvalue weighted by molar-refractivity contribution is 0.102. The lowest BCUT2D eigenvalue weighted by atomic mass is 9.98. The van der Waals surface area contributed by atoms with E-state index in [4.69, 9.17) is 4.42 Å². The zero-order chi connectivity index (χ0) is 22.8. The van der Waals surface area contributed by atoms with Crippen LogP contribution in [0.3, 0.4) is 0 Å². The lowest BCUT2D eigenvalue weighted by Gasteiger charge is -2.12. The molecule has 0 radical (unpaired) electrons. The highest BCUT2D eigenvalue weighted by molar-refractivity contribution is 6.13. The van der Waals surface area contributed by atoms with E-state index in [9.17, 15) is 14.7 Å². The number of nitrogens with zero attached hydrogens (tertiary/aromatic N) is 1. The van der Waals surface area contributed by atoms with E-state index >= 15 is 0 Å². The summed E-state index contributed by atoms with van der Waals surface area (Å²) in [5, 5.41) is 13.8. The molecule has 33 heavy (non-hydrogen) atoms. The zero-order valence-electron chi connectivity index (χ0n) is 17.4. The van der Waals surface area contributed by atoms with Gasteiger partial charge < -0.3 is 14.8 Å². The summed E-state index contributed by atoms with van der Waals surface area (Å²) in [6.45, 7) is 0. The molecule has 5 aromatic rings. The Morgan fingerprint density at radius 1 is 0.788 bits per heavy atom. The Labute approximate surface area is 189 Å². The predicted molar refractivity (Wildman–Crippen MR) is 125 cm³/mol. The molecule has 1 amide bonds. The van der Waals surface area contributed by atoms with E-state index in [1.807, 2.05) is 18.2 Å². The number of nitrogens with one attached hydrogen (secondary N) is 1. The number of phenolic OH excluding ortho intramolecular Hbond substituents is 1. The van der Waals surface area contributed by atoms with Crippen LogP contribution in [0.25, 0.3) is 22.6 Å². The largest absolute Gasteiger partial charge is 0.506 e. The average molecular weight is 434 g/mol. The summed E-state index contributed by atoms with van der Waals surface area (Å²) in [5.41, 5.74) is 2.59. The standard InChI is InChI=1S/C27H18N2O4/c30-24(17-9-3-1-4-10-17)20-15-19(28-26(32)18-11-5-2-6-12-18)16-21(25(20)31)27-29-22-13-7-8-14-23(22)33-27/h1-16,31H,(H,28,32). The van der Waals surface area contributed by atoms with Crippen LogP contribution in [-0.2, 0) is 0 Å². The Morgan fingerprint density at radius 2 is 1.42 bits per heavy atom. The first-order valence-electron chi connectivity index (χ1n) is 10.3. The number of oxazole rings is 1. The van der Waals surface area contributed by atoms with Gasteiger partial charge in [-0.2, -0.15) is 0 Å². The van der Waals surface area contributed by atoms with Crippen LogP contribution in [0.1, 0.15) is 26.3 Å². The number of para-hydroxylation sites is 2. The molecule has 6 nitrogen and oxygen atoms in total. The van der Waals surface area contributed by atoms with Gasteiger partial charge in [0.05, 0.1) is 11.1 Å². The van der Waals surface area contributed by atoms with Crippen molar-refractivity contribution in [1.82, 2.24) is 4.98 Å². The van der Waals surface area contributed by atoms with Crippen molar-refractivity contribution in [3.63, 3.8) is 0 Å². The second kappa shape index (κ2) is 8.43. The van der Waals surface area contributed by atoms with E-state index in [0.29, 0.717) is 27.9 Å². The van der Waals surface area contributed by atoms with Gasteiger partial charge in [0.1, 0.15) is 11.3 Å². The fourth-order valence-electron chi connectivity index (χ4n) is 3.57. The van der Waals surface area contributed by atoms with Crippen molar-refractivity contribution < 1.29 is 19.1 Å². The zero-order valence-corrected chi connectivity index (χ0v) is 17.4. The van der Waals surface area contributed by atoms with Crippen molar-refractivity contribution in [3.8, 4) is 17.2 Å². The van der Waals surface area contributed by atoms with E-state index in [1.165, 1.54) is 6.07 Å². The van der Waals surface area contributed by atoms with Crippen molar-refractivity contribution in [2.45, 2.75) is 0 Å². The Bertz CT molecular complexity index is 1440. The van der Waals surface area contributed by atoms with Gasteiger partial charge in [-0.1, -0.05) is 60.7 Å². The molecule has 2 N–H and O–H groups in total. The number of fused-ring (bicyclic) bond motifs is 1. The first-order valence-corrected chi connectivity index (χ1v) is 10.3. The van der Waals surface area contributed by atoms with Gasteiger partial charge in [0, 0.05) is 16.8 Å². The highest BCUT2D eigenvalue weighted by atomic mass is 16.3. The minimum absolute atomic E-state index is 0.0318. The fourth-order valence-corrected chi connectivity index (χ4v) is 3.57. The van der Waals surface area contributed by atoms with Crippen LogP contribution in [0.15, 0.2) is 101 Å². The van der Waals surface area contributed by atoms with Gasteiger partial charge >= 0.3 is 0 Å². The lowest BCUT2D eigenvalue weighted by Crippen LogP contribution is -2.13. The van der Waals surface area contributed by atoms with Crippen molar-refractivity contribution in [1.29, 1.82) is 0 Å². The SMILES string of the molecule is O=C(Nc1cc(C(=O)c2ccccc2)c(O)c(-c2nc3ccccc3o2)c1)c1ccccc1. The molecule has 0 spiro atoms. The molecule has 0 saturated carbocycles. The highest BCUT2D eigenvalue weighted by Crippen LogP contribution is 2.37. The van der Waals surface area contributed by atoms with Gasteiger partial charge in [0.15, 0.2) is 11.4 Å². The topological polar surface area (TPSA) is 92.4 Å². The summed E-state index contributed by atoms with van der Waals surface area (Å²) < 4.78 is 5.82. The highest BCUT2D eigenvalue weighted by Gasteiger charge is 2.22. The van der Waals surface area contributed by atoms with Crippen LogP contribution in [0, 0.1) is 0 Å². The van der Waals surface area contributed by atoms with E-state index in [-0.39, 0.29) is 34.5 Å². The summed E-state index contributed by atoms with van der Waals surface area (Å²) in [7, 11) is 0. The number of phenols is 1. The first-order chi connectivity index (χ1) is 16.1. The van der Waals surface area contributed by atoms with Gasteiger partial charge in [-0.3, -0.25) is 9.59 Å². The summed E-state index contributed by atoms with van der Waals surface area (Å²) in [6.07, 6.45) is 0. The number of aromatic nitrogens is 1. The normalized spacial score (nSPS) is 10.8. The smallest absolute Gasteiger partial charge is 0.255 e. The molecule has 0 bridgehead atoms. The number of hydrogen-bond acceptors (Lipinski definition) is 5. The Balaban J connectivity index is 1.63. The quantitative estimate of drug-likeness (QED) is 0.274. The molecule has 0 aliphatic rings. The number of ketones is 1. The molecule has 4 aromatic carbocycles. The van der Waals surface area contributed by atoms with Crippen LogP contribution in [-0.4, -0.2) is 21.8 Å². The first kappa shape index (κ1) is 20.2. The van der Waals surface area contributed by atoms with Gasteiger partial charge in [-0.15, -0.1) is 0 Å². The molecule has 1 heterocycles. The second-order valence-electron chi connectivity index (χ2n) is 7.42. The van der Waals surface area contributed by atoms with Crippen molar-refractivity contribution >= 4 is 28.5 Å². The molecule has 160 valence electrons. The molecule has 0 unspecified atom stereocenters. The molecule has 5 rings (SSSR count). The molecule has 1 aromatic heterocycles. The van der Waals surface area contributed by atoms with Crippen molar-refractivity contribution in [2.75, 3.05) is 5.32 Å². The van der Waals surface area contributed by atoms with Crippen LogP contribution >= 0.6 is 0 Å². The predicted octanol–water partition coefficient (Wildman–Crippen LogP) is 5.68. The van der Waals surface area contributed by atoms with E-state index in [2.05, 4.69) is 10.3 Å². The molecule has 0 aliphatic carbocycles. The summed E-state index contributed by atoms with van der Waals surface area (Å²) in [4.78, 5) is 30.4. The Morgan fingerprint density at radius 3 is 2.12 bits per heavy atom. The molecule has 0 fully saturated rings. The Hall–Kier alpha value is -4.71.